The van der Waals surface area contributed by atoms with Crippen LogP contribution in [-0.2, 0) is 13.4 Å². The van der Waals surface area contributed by atoms with Gasteiger partial charge < -0.3 is 0 Å². The molecule has 0 atom stereocenters. The number of aryl methyl sites for hydroxylation is 2. The second kappa shape index (κ2) is 8.08. The van der Waals surface area contributed by atoms with Crippen molar-refractivity contribution in [1.29, 1.82) is 0 Å². The molecule has 1 aliphatic rings. The summed E-state index contributed by atoms with van der Waals surface area (Å²) in [6, 6.07) is 20.9. The molecule has 0 N–H and O–H groups in total. The smallest absolute Gasteiger partial charge is 0.200 e. The second-order valence-corrected chi connectivity index (χ2v) is 7.79. The maximum atomic E-state index is 8.79. The molecular formula is C26H30N+. The Kier molecular flexibility index (Phi) is 4.68. The fourth-order valence-corrected chi connectivity index (χ4v) is 4.19. The largest absolute Gasteiger partial charge is 0.212 e. The average molecular weight is 359 g/mol. The molecule has 4 rings (SSSR count). The number of aromatic nitrogens is 1. The van der Waals surface area contributed by atoms with Gasteiger partial charge in [-0.3, -0.25) is 0 Å². The van der Waals surface area contributed by atoms with Gasteiger partial charge in [0.15, 0.2) is 6.20 Å². The Morgan fingerprint density at radius 2 is 1.74 bits per heavy atom. The van der Waals surface area contributed by atoms with E-state index in [-0.39, 0.29) is 5.92 Å². The van der Waals surface area contributed by atoms with Crippen LogP contribution < -0.4 is 4.57 Å². The summed E-state index contributed by atoms with van der Waals surface area (Å²) in [6.45, 7) is 2.14. The minimum atomic E-state index is -1.26. The van der Waals surface area contributed by atoms with Crippen molar-refractivity contribution < 1.29 is 7.31 Å². The highest BCUT2D eigenvalue weighted by Crippen LogP contribution is 2.29. The van der Waals surface area contributed by atoms with Crippen LogP contribution in [0.4, 0.5) is 0 Å². The van der Waals surface area contributed by atoms with Crippen LogP contribution in [0.5, 0.6) is 0 Å². The first kappa shape index (κ1) is 15.6. The third-order valence-corrected chi connectivity index (χ3v) is 5.73. The zero-order valence-electron chi connectivity index (χ0n) is 18.4. The van der Waals surface area contributed by atoms with E-state index in [0.29, 0.717) is 0 Å². The molecule has 27 heavy (non-hydrogen) atoms. The number of rotatable bonds is 4. The zero-order valence-corrected chi connectivity index (χ0v) is 16.4. The molecule has 3 aromatic rings. The molecule has 0 bridgehead atoms. The van der Waals surface area contributed by atoms with E-state index in [9.17, 15) is 0 Å². The summed E-state index contributed by atoms with van der Waals surface area (Å²) in [5.41, 5.74) is 6.69. The van der Waals surface area contributed by atoms with Crippen LogP contribution in [0.25, 0.3) is 22.4 Å². The quantitative estimate of drug-likeness (QED) is 0.483. The summed E-state index contributed by atoms with van der Waals surface area (Å²) in [5.74, 6) is 0.131. The topological polar surface area (TPSA) is 3.88 Å². The number of nitrogens with zero attached hydrogens (tertiary/aromatic N) is 1. The Morgan fingerprint density at radius 3 is 2.52 bits per heavy atom. The molecule has 1 nitrogen and oxygen atoms in total. The van der Waals surface area contributed by atoms with Crippen molar-refractivity contribution in [2.24, 2.45) is 13.0 Å². The predicted molar refractivity (Wildman–Crippen MR) is 114 cm³/mol. The number of hydrogen-bond donors (Lipinski definition) is 0. The first-order chi connectivity index (χ1) is 14.0. The monoisotopic (exact) mass is 358 g/mol. The van der Waals surface area contributed by atoms with Crippen molar-refractivity contribution in [3.05, 3.63) is 78.0 Å². The first-order valence-corrected chi connectivity index (χ1v) is 10.1. The lowest BCUT2D eigenvalue weighted by atomic mass is 9.84. The van der Waals surface area contributed by atoms with Crippen molar-refractivity contribution in [1.82, 2.24) is 0 Å². The molecule has 1 saturated carbocycles. The first-order valence-electron chi connectivity index (χ1n) is 11.1. The van der Waals surface area contributed by atoms with Gasteiger partial charge in [0, 0.05) is 19.9 Å². The van der Waals surface area contributed by atoms with Gasteiger partial charge in [-0.2, -0.15) is 0 Å². The highest BCUT2D eigenvalue weighted by molar-refractivity contribution is 5.66. The van der Waals surface area contributed by atoms with Crippen molar-refractivity contribution in [2.45, 2.75) is 45.4 Å². The van der Waals surface area contributed by atoms with Gasteiger partial charge in [0.05, 0.1) is 0 Å². The molecule has 2 aromatic carbocycles. The van der Waals surface area contributed by atoms with Crippen LogP contribution in [0.3, 0.4) is 0 Å². The molecule has 1 aromatic heterocycles. The minimum Gasteiger partial charge on any atom is -0.200 e. The molecule has 0 radical (unpaired) electrons. The molecule has 1 fully saturated rings. The Bertz CT molecular complexity index is 1000. The highest BCUT2D eigenvalue weighted by atomic mass is 14.9. The van der Waals surface area contributed by atoms with E-state index < -0.39 is 6.37 Å². The van der Waals surface area contributed by atoms with E-state index in [2.05, 4.69) is 73.3 Å². The van der Waals surface area contributed by atoms with Gasteiger partial charge in [0.25, 0.3) is 0 Å². The van der Waals surface area contributed by atoms with E-state index in [1.807, 2.05) is 12.1 Å². The van der Waals surface area contributed by atoms with E-state index in [1.165, 1.54) is 23.2 Å². The summed E-state index contributed by atoms with van der Waals surface area (Å²) >= 11 is 0. The maximum Gasteiger partial charge on any atom is 0.212 e. The Hall–Kier alpha value is -2.41. The fourth-order valence-electron chi connectivity index (χ4n) is 4.19. The molecule has 1 heterocycles. The van der Waals surface area contributed by atoms with Crippen molar-refractivity contribution in [2.75, 3.05) is 0 Å². The third-order valence-electron chi connectivity index (χ3n) is 5.73. The van der Waals surface area contributed by atoms with Gasteiger partial charge >= 0.3 is 0 Å². The number of pyridine rings is 1. The molecule has 0 spiro atoms. The summed E-state index contributed by atoms with van der Waals surface area (Å²) in [5, 5.41) is 0. The van der Waals surface area contributed by atoms with Gasteiger partial charge in [-0.15, -0.1) is 0 Å². The Labute approximate surface area is 166 Å². The standard InChI is InChI=1S/C26H30N/c1-20-9-6-7-14-25(20)26-16-15-24(19-27(26)2)23-13-8-12-22(18-23)17-21-10-4-3-5-11-21/h6-9,12-16,18-19,21H,3-5,10-11,17H2,1-2H3/q+1/i17D2. The lowest BCUT2D eigenvalue weighted by Gasteiger charge is -2.21. The molecular weight excluding hydrogens is 326 g/mol. The van der Waals surface area contributed by atoms with Gasteiger partial charge in [-0.1, -0.05) is 74.6 Å². The lowest BCUT2D eigenvalue weighted by Crippen LogP contribution is -2.30. The SMILES string of the molecule is [2H]C([2H])(c1cccc(-c2ccc(-c3ccccc3C)[n+](C)c2)c1)C1CCCCC1. The van der Waals surface area contributed by atoms with Gasteiger partial charge in [-0.25, -0.2) is 4.57 Å². The zero-order chi connectivity index (χ0) is 20.4. The minimum absolute atomic E-state index is 0.131. The Morgan fingerprint density at radius 1 is 0.926 bits per heavy atom. The van der Waals surface area contributed by atoms with Gasteiger partial charge in [-0.05, 0) is 48.0 Å². The van der Waals surface area contributed by atoms with Crippen molar-refractivity contribution >= 4 is 0 Å². The summed E-state index contributed by atoms with van der Waals surface area (Å²) < 4.78 is 19.8. The molecule has 0 unspecified atom stereocenters. The molecule has 0 amide bonds. The third kappa shape index (κ3) is 4.13. The second-order valence-electron chi connectivity index (χ2n) is 7.79. The van der Waals surface area contributed by atoms with E-state index in [1.54, 1.807) is 0 Å². The summed E-state index contributed by atoms with van der Waals surface area (Å²) in [6.07, 6.45) is 6.43. The van der Waals surface area contributed by atoms with Crippen LogP contribution in [0.15, 0.2) is 66.9 Å². The van der Waals surface area contributed by atoms with E-state index in [4.69, 9.17) is 2.74 Å². The summed E-state index contributed by atoms with van der Waals surface area (Å²) in [7, 11) is 2.08. The normalized spacial score (nSPS) is 16.7. The van der Waals surface area contributed by atoms with Crippen molar-refractivity contribution in [3.63, 3.8) is 0 Å². The predicted octanol–water partition coefficient (Wildman–Crippen LogP) is 6.28. The van der Waals surface area contributed by atoms with Crippen LogP contribution in [-0.4, -0.2) is 0 Å². The number of benzene rings is 2. The van der Waals surface area contributed by atoms with Gasteiger partial charge in [0.2, 0.25) is 5.69 Å². The van der Waals surface area contributed by atoms with Crippen LogP contribution >= 0.6 is 0 Å². The van der Waals surface area contributed by atoms with E-state index in [0.717, 1.165) is 42.4 Å². The van der Waals surface area contributed by atoms with Crippen LogP contribution in [0, 0.1) is 12.8 Å². The van der Waals surface area contributed by atoms with Crippen molar-refractivity contribution in [3.8, 4) is 22.4 Å². The average Bonchev–Trinajstić information content (AvgIpc) is 2.75. The Balaban J connectivity index is 1.66. The molecule has 0 saturated heterocycles. The fraction of sp³-hybridized carbons (Fsp3) is 0.346. The van der Waals surface area contributed by atoms with E-state index >= 15 is 0 Å². The molecule has 1 aliphatic carbocycles. The van der Waals surface area contributed by atoms with Crippen LogP contribution in [0.1, 0.15) is 46.0 Å². The lowest BCUT2D eigenvalue weighted by molar-refractivity contribution is -0.659. The maximum absolute atomic E-state index is 8.79. The molecule has 0 aliphatic heterocycles. The molecule has 138 valence electrons. The van der Waals surface area contributed by atoms with Gasteiger partial charge in [0.1, 0.15) is 7.05 Å². The van der Waals surface area contributed by atoms with Crippen LogP contribution in [0.2, 0.25) is 0 Å². The molecule has 1 heteroatoms. The number of hydrogen-bond acceptors (Lipinski definition) is 0. The summed E-state index contributed by atoms with van der Waals surface area (Å²) in [4.78, 5) is 0. The highest BCUT2D eigenvalue weighted by Gasteiger charge is 2.16.